The molecule has 0 spiro atoms. The Morgan fingerprint density at radius 2 is 1.67 bits per heavy atom. The van der Waals surface area contributed by atoms with Crippen LogP contribution in [0, 0.1) is 17.2 Å². The van der Waals surface area contributed by atoms with E-state index in [4.69, 9.17) is 14.7 Å². The summed E-state index contributed by atoms with van der Waals surface area (Å²) in [5, 5.41) is 11.2. The molecule has 0 aliphatic carbocycles. The Hall–Kier alpha value is -3.39. The van der Waals surface area contributed by atoms with Crippen LogP contribution in [0.1, 0.15) is 30.9 Å². The summed E-state index contributed by atoms with van der Waals surface area (Å²) in [6, 6.07) is 4.72. The van der Waals surface area contributed by atoms with Gasteiger partial charge in [-0.3, -0.25) is 5.32 Å². The Bertz CT molecular complexity index is 934. The van der Waals surface area contributed by atoms with Gasteiger partial charge >= 0.3 is 24.1 Å². The van der Waals surface area contributed by atoms with Crippen molar-refractivity contribution in [3.05, 3.63) is 47.5 Å². The summed E-state index contributed by atoms with van der Waals surface area (Å²) in [6.07, 6.45) is -3.05. The van der Waals surface area contributed by atoms with Crippen LogP contribution in [0.3, 0.4) is 0 Å². The quantitative estimate of drug-likeness (QED) is 0.281. The third kappa shape index (κ3) is 5.17. The van der Waals surface area contributed by atoms with Gasteiger partial charge in [0, 0.05) is 17.9 Å². The number of benzene rings is 1. The first-order valence-electron chi connectivity index (χ1n) is 10.0. The monoisotopic (exact) mass is 468 g/mol. The number of carbonyl (C=O) groups excluding carboxylic acids is 3. The minimum absolute atomic E-state index is 0.0822. The molecule has 0 amide bonds. The summed E-state index contributed by atoms with van der Waals surface area (Å²) in [7, 11) is 1.07. The molecule has 2 rings (SSSR count). The van der Waals surface area contributed by atoms with E-state index in [-0.39, 0.29) is 24.3 Å². The van der Waals surface area contributed by atoms with Crippen LogP contribution in [0.25, 0.3) is 0 Å². The minimum Gasteiger partial charge on any atom is -0.466 e. The molecule has 1 heterocycles. The second-order valence-electron chi connectivity index (χ2n) is 7.08. The molecule has 1 aromatic carbocycles. The number of halogens is 3. The number of methoxy groups -OCH3 is 1. The van der Waals surface area contributed by atoms with Crippen molar-refractivity contribution in [2.45, 2.75) is 37.5 Å². The van der Waals surface area contributed by atoms with Crippen molar-refractivity contribution in [3.63, 3.8) is 0 Å². The molecule has 0 bridgehead atoms. The summed E-state index contributed by atoms with van der Waals surface area (Å²) < 4.78 is 57.0. The van der Waals surface area contributed by atoms with Crippen LogP contribution >= 0.6 is 0 Å². The number of rotatable bonds is 7. The number of nitrogens with one attached hydrogen (secondary N) is 1. The Morgan fingerprint density at radius 1 is 1.12 bits per heavy atom. The van der Waals surface area contributed by atoms with Gasteiger partial charge in [-0.15, -0.1) is 0 Å². The zero-order valence-corrected chi connectivity index (χ0v) is 18.1. The van der Waals surface area contributed by atoms with Crippen LogP contribution in [0.4, 0.5) is 13.2 Å². The highest BCUT2D eigenvalue weighted by atomic mass is 19.4. The molecule has 8 nitrogen and oxygen atoms in total. The highest BCUT2D eigenvalue weighted by Gasteiger charge is 2.68. The number of esters is 3. The number of ether oxygens (including phenoxy) is 3. The molecule has 1 aliphatic heterocycles. The van der Waals surface area contributed by atoms with E-state index in [0.717, 1.165) is 19.3 Å². The predicted octanol–water partition coefficient (Wildman–Crippen LogP) is 2.39. The summed E-state index contributed by atoms with van der Waals surface area (Å²) >= 11 is 0. The van der Waals surface area contributed by atoms with Gasteiger partial charge in [-0.1, -0.05) is 18.2 Å². The minimum atomic E-state index is -4.91. The molecule has 0 saturated carbocycles. The van der Waals surface area contributed by atoms with Gasteiger partial charge in [-0.25, -0.2) is 14.4 Å². The molecule has 0 unspecified atom stereocenters. The number of alkyl halides is 3. The number of hydrogen-bond donors (Lipinski definition) is 1. The molecule has 3 atom stereocenters. The van der Waals surface area contributed by atoms with E-state index in [9.17, 15) is 27.6 Å². The molecule has 1 N–H and O–H groups in total. The Labute approximate surface area is 188 Å². The standard InChI is InChI=1S/C22H23F3N2O6/c1-4-32-19(29)21(20(30)33-5-2)15(10-11-16(28)31-3)17(18(27-21)22(23,24)25)14-8-6-13(12-26)7-9-14/h6-11,15,17-18,27H,4-5H2,1-3H3/b11-10+/t15-,17-,18-/m1/s1. The molecule has 33 heavy (non-hydrogen) atoms. The lowest BCUT2D eigenvalue weighted by molar-refractivity contribution is -0.171. The molecular formula is C22H23F3N2O6. The van der Waals surface area contributed by atoms with Crippen molar-refractivity contribution >= 4 is 17.9 Å². The van der Waals surface area contributed by atoms with E-state index in [2.05, 4.69) is 10.1 Å². The maximum atomic E-state index is 14.2. The highest BCUT2D eigenvalue weighted by Crippen LogP contribution is 2.49. The maximum Gasteiger partial charge on any atom is 0.404 e. The van der Waals surface area contributed by atoms with Crippen molar-refractivity contribution in [1.82, 2.24) is 5.32 Å². The average Bonchev–Trinajstić information content (AvgIpc) is 3.14. The van der Waals surface area contributed by atoms with Crippen molar-refractivity contribution in [2.24, 2.45) is 5.92 Å². The summed E-state index contributed by atoms with van der Waals surface area (Å²) in [5.41, 5.74) is -2.30. The second-order valence-corrected chi connectivity index (χ2v) is 7.08. The number of carbonyl (C=O) groups is 3. The van der Waals surface area contributed by atoms with E-state index in [0.29, 0.717) is 0 Å². The van der Waals surface area contributed by atoms with Gasteiger partial charge in [0.2, 0.25) is 5.54 Å². The highest BCUT2D eigenvalue weighted by molar-refractivity contribution is 6.06. The number of hydrogen-bond acceptors (Lipinski definition) is 8. The lowest BCUT2D eigenvalue weighted by atomic mass is 9.75. The molecule has 11 heteroatoms. The van der Waals surface area contributed by atoms with Gasteiger partial charge in [0.15, 0.2) is 0 Å². The molecule has 1 fully saturated rings. The first-order chi connectivity index (χ1) is 15.6. The predicted molar refractivity (Wildman–Crippen MR) is 108 cm³/mol. The molecule has 0 aromatic heterocycles. The fourth-order valence-electron chi connectivity index (χ4n) is 3.85. The fraction of sp³-hybridized carbons (Fsp3) is 0.455. The van der Waals surface area contributed by atoms with E-state index >= 15 is 0 Å². The zero-order chi connectivity index (χ0) is 24.8. The SMILES string of the molecule is CCOC(=O)C1(C(=O)OCC)N[C@@H](C(F)(F)F)[C@H](c2ccc(C#N)cc2)[C@H]1/C=C/C(=O)OC. The molecule has 1 saturated heterocycles. The summed E-state index contributed by atoms with van der Waals surface area (Å²) in [4.78, 5) is 37.8. The van der Waals surface area contributed by atoms with E-state index < -0.39 is 47.5 Å². The van der Waals surface area contributed by atoms with Crippen LogP contribution in [0.5, 0.6) is 0 Å². The molecule has 1 aliphatic rings. The zero-order valence-electron chi connectivity index (χ0n) is 18.1. The van der Waals surface area contributed by atoms with Crippen molar-refractivity contribution in [2.75, 3.05) is 20.3 Å². The lowest BCUT2D eigenvalue weighted by Gasteiger charge is -2.30. The summed E-state index contributed by atoms with van der Waals surface area (Å²) in [5.74, 6) is -6.53. The maximum absolute atomic E-state index is 14.2. The number of nitrogens with zero attached hydrogens (tertiary/aromatic N) is 1. The van der Waals surface area contributed by atoms with Crippen LogP contribution < -0.4 is 5.32 Å². The second kappa shape index (κ2) is 10.5. The van der Waals surface area contributed by atoms with Gasteiger partial charge in [0.25, 0.3) is 0 Å². The smallest absolute Gasteiger partial charge is 0.404 e. The number of nitriles is 1. The molecule has 178 valence electrons. The normalized spacial score (nSPS) is 21.9. The van der Waals surface area contributed by atoms with Gasteiger partial charge in [-0.2, -0.15) is 18.4 Å². The van der Waals surface area contributed by atoms with Crippen LogP contribution in [0.2, 0.25) is 0 Å². The van der Waals surface area contributed by atoms with Gasteiger partial charge < -0.3 is 14.2 Å². The van der Waals surface area contributed by atoms with Crippen LogP contribution in [0.15, 0.2) is 36.4 Å². The third-order valence-electron chi connectivity index (χ3n) is 5.24. The topological polar surface area (TPSA) is 115 Å². The first-order valence-corrected chi connectivity index (χ1v) is 10.0. The molecule has 1 aromatic rings. The Balaban J connectivity index is 2.81. The fourth-order valence-corrected chi connectivity index (χ4v) is 3.85. The Kier molecular flexibility index (Phi) is 8.22. The Morgan fingerprint density at radius 3 is 2.09 bits per heavy atom. The van der Waals surface area contributed by atoms with Crippen LogP contribution in [-0.4, -0.2) is 56.0 Å². The van der Waals surface area contributed by atoms with Crippen LogP contribution in [-0.2, 0) is 28.6 Å². The lowest BCUT2D eigenvalue weighted by Crippen LogP contribution is -2.62. The van der Waals surface area contributed by atoms with Crippen molar-refractivity contribution in [3.8, 4) is 6.07 Å². The molecular weight excluding hydrogens is 445 g/mol. The summed E-state index contributed by atoms with van der Waals surface area (Å²) in [6.45, 7) is 2.44. The van der Waals surface area contributed by atoms with Gasteiger partial charge in [0.1, 0.15) is 6.04 Å². The van der Waals surface area contributed by atoms with Crippen molar-refractivity contribution in [1.29, 1.82) is 5.26 Å². The van der Waals surface area contributed by atoms with E-state index in [1.54, 1.807) is 0 Å². The largest absolute Gasteiger partial charge is 0.466 e. The van der Waals surface area contributed by atoms with Crippen molar-refractivity contribution < 1.29 is 41.8 Å². The average molecular weight is 468 g/mol. The third-order valence-corrected chi connectivity index (χ3v) is 5.24. The van der Waals surface area contributed by atoms with Gasteiger partial charge in [0.05, 0.1) is 32.0 Å². The van der Waals surface area contributed by atoms with E-state index in [1.165, 1.54) is 38.1 Å². The molecule has 0 radical (unpaired) electrons. The van der Waals surface area contributed by atoms with Gasteiger partial charge in [-0.05, 0) is 31.5 Å². The van der Waals surface area contributed by atoms with E-state index in [1.807, 2.05) is 6.07 Å². The first kappa shape index (κ1) is 25.9.